The van der Waals surface area contributed by atoms with Crippen LogP contribution in [0.3, 0.4) is 0 Å². The lowest BCUT2D eigenvalue weighted by molar-refractivity contribution is -0.136. The molecule has 0 heterocycles. The summed E-state index contributed by atoms with van der Waals surface area (Å²) in [6.45, 7) is 2.23. The fraction of sp³-hybridized carbons (Fsp3) is 0.550. The van der Waals surface area contributed by atoms with Gasteiger partial charge in [0.25, 0.3) is 0 Å². The van der Waals surface area contributed by atoms with Crippen molar-refractivity contribution in [1.82, 2.24) is 0 Å². The molecule has 2 nitrogen and oxygen atoms in total. The highest BCUT2D eigenvalue weighted by atomic mass is 16.4. The number of hydrogen-bond acceptors (Lipinski definition) is 1. The average Bonchev–Trinajstić information content (AvgIpc) is 2.50. The minimum absolute atomic E-state index is 0.226. The molecule has 0 aromatic rings. The van der Waals surface area contributed by atoms with E-state index in [0.29, 0.717) is 6.42 Å². The van der Waals surface area contributed by atoms with Crippen LogP contribution < -0.4 is 0 Å². The van der Waals surface area contributed by atoms with Crippen molar-refractivity contribution in [3.05, 3.63) is 48.6 Å². The highest BCUT2D eigenvalue weighted by Gasteiger charge is 1.90. The zero-order valence-corrected chi connectivity index (χ0v) is 14.0. The van der Waals surface area contributed by atoms with E-state index in [1.54, 1.807) is 0 Å². The number of unbranched alkanes of at least 4 members (excludes halogenated alkanes) is 4. The molecule has 2 heteroatoms. The summed E-state index contributed by atoms with van der Waals surface area (Å²) in [5.41, 5.74) is 0. The summed E-state index contributed by atoms with van der Waals surface area (Å²) in [5, 5.41) is 8.48. The third kappa shape index (κ3) is 18.4. The van der Waals surface area contributed by atoms with Crippen molar-refractivity contribution in [3.63, 3.8) is 0 Å². The lowest BCUT2D eigenvalue weighted by Crippen LogP contribution is -1.91. The molecular weight excluding hydrogens is 272 g/mol. The molecule has 0 aliphatic rings. The van der Waals surface area contributed by atoms with E-state index in [1.807, 2.05) is 6.08 Å². The first-order chi connectivity index (χ1) is 10.8. The quantitative estimate of drug-likeness (QED) is 0.305. The van der Waals surface area contributed by atoms with E-state index in [0.717, 1.165) is 25.7 Å². The van der Waals surface area contributed by atoms with Crippen LogP contribution in [0.1, 0.15) is 71.1 Å². The maximum Gasteiger partial charge on any atom is 0.303 e. The molecule has 0 saturated heterocycles. The van der Waals surface area contributed by atoms with Gasteiger partial charge in [-0.2, -0.15) is 0 Å². The Balaban J connectivity index is 3.39. The first-order valence-electron chi connectivity index (χ1n) is 8.59. The fourth-order valence-corrected chi connectivity index (χ4v) is 1.92. The Morgan fingerprint density at radius 1 is 0.727 bits per heavy atom. The topological polar surface area (TPSA) is 37.3 Å². The molecule has 0 bridgehead atoms. The number of carboxylic acids is 1. The second kappa shape index (κ2) is 17.5. The number of carboxylic acid groups (broad SMARTS) is 1. The van der Waals surface area contributed by atoms with Crippen molar-refractivity contribution >= 4 is 5.97 Å². The number of aliphatic carboxylic acids is 1. The zero-order valence-electron chi connectivity index (χ0n) is 14.0. The summed E-state index contributed by atoms with van der Waals surface area (Å²) in [6.07, 6.45) is 27.4. The Hall–Kier alpha value is -1.57. The van der Waals surface area contributed by atoms with Crippen molar-refractivity contribution in [3.8, 4) is 0 Å². The molecule has 0 aromatic heterocycles. The van der Waals surface area contributed by atoms with Crippen molar-refractivity contribution < 1.29 is 9.90 Å². The lowest BCUT2D eigenvalue weighted by Gasteiger charge is -1.90. The summed E-state index contributed by atoms with van der Waals surface area (Å²) in [5.74, 6) is -0.730. The fourth-order valence-electron chi connectivity index (χ4n) is 1.92. The van der Waals surface area contributed by atoms with E-state index in [2.05, 4.69) is 49.5 Å². The van der Waals surface area contributed by atoms with Gasteiger partial charge in [-0.1, -0.05) is 68.4 Å². The minimum Gasteiger partial charge on any atom is -0.481 e. The SMILES string of the molecule is CCCCCC=CCC=CCC=CCCC=CCCC(=O)O. The molecule has 0 aliphatic carbocycles. The second-order valence-electron chi connectivity index (χ2n) is 5.36. The monoisotopic (exact) mass is 304 g/mol. The van der Waals surface area contributed by atoms with Gasteiger partial charge in [-0.3, -0.25) is 4.79 Å². The van der Waals surface area contributed by atoms with E-state index in [9.17, 15) is 4.79 Å². The van der Waals surface area contributed by atoms with Crippen molar-refractivity contribution in [2.24, 2.45) is 0 Å². The van der Waals surface area contributed by atoms with Crippen molar-refractivity contribution in [2.45, 2.75) is 71.1 Å². The Labute approximate surface area is 136 Å². The van der Waals surface area contributed by atoms with Crippen LogP contribution in [-0.4, -0.2) is 11.1 Å². The molecule has 22 heavy (non-hydrogen) atoms. The zero-order chi connectivity index (χ0) is 16.3. The van der Waals surface area contributed by atoms with Crippen LogP contribution in [0, 0.1) is 0 Å². The summed E-state index contributed by atoms with van der Waals surface area (Å²) in [7, 11) is 0. The Bertz CT molecular complexity index is 362. The molecule has 0 saturated carbocycles. The second-order valence-corrected chi connectivity index (χ2v) is 5.36. The third-order valence-electron chi connectivity index (χ3n) is 3.21. The third-order valence-corrected chi connectivity index (χ3v) is 3.21. The molecule has 124 valence electrons. The number of carbonyl (C=O) groups is 1. The van der Waals surface area contributed by atoms with Crippen LogP contribution in [0.15, 0.2) is 48.6 Å². The number of hydrogen-bond donors (Lipinski definition) is 1. The van der Waals surface area contributed by atoms with Gasteiger partial charge in [0, 0.05) is 6.42 Å². The molecule has 0 fully saturated rings. The van der Waals surface area contributed by atoms with Crippen LogP contribution in [0.5, 0.6) is 0 Å². The van der Waals surface area contributed by atoms with Gasteiger partial charge in [0.05, 0.1) is 0 Å². The van der Waals surface area contributed by atoms with E-state index in [4.69, 9.17) is 5.11 Å². The van der Waals surface area contributed by atoms with E-state index in [1.165, 1.54) is 25.7 Å². The molecule has 0 aromatic carbocycles. The van der Waals surface area contributed by atoms with Crippen molar-refractivity contribution in [1.29, 1.82) is 0 Å². The maximum atomic E-state index is 10.3. The van der Waals surface area contributed by atoms with Crippen molar-refractivity contribution in [2.75, 3.05) is 0 Å². The van der Waals surface area contributed by atoms with E-state index < -0.39 is 5.97 Å². The highest BCUT2D eigenvalue weighted by Crippen LogP contribution is 2.01. The average molecular weight is 304 g/mol. The maximum absolute atomic E-state index is 10.3. The number of rotatable bonds is 14. The summed E-state index contributed by atoms with van der Waals surface area (Å²) in [6, 6.07) is 0. The first kappa shape index (κ1) is 20.4. The predicted octanol–water partition coefficient (Wildman–Crippen LogP) is 6.22. The molecular formula is C20H32O2. The van der Waals surface area contributed by atoms with Crippen LogP contribution in [0.25, 0.3) is 0 Å². The normalized spacial score (nSPS) is 12.4. The van der Waals surface area contributed by atoms with Gasteiger partial charge in [0.2, 0.25) is 0 Å². The molecule has 0 rings (SSSR count). The van der Waals surface area contributed by atoms with Crippen LogP contribution in [0.4, 0.5) is 0 Å². The van der Waals surface area contributed by atoms with Gasteiger partial charge >= 0.3 is 5.97 Å². The van der Waals surface area contributed by atoms with Gasteiger partial charge in [0.1, 0.15) is 0 Å². The molecule has 0 amide bonds. The van der Waals surface area contributed by atoms with E-state index in [-0.39, 0.29) is 6.42 Å². The Morgan fingerprint density at radius 2 is 1.23 bits per heavy atom. The minimum atomic E-state index is -0.730. The summed E-state index contributed by atoms with van der Waals surface area (Å²) >= 11 is 0. The van der Waals surface area contributed by atoms with Gasteiger partial charge in [0.15, 0.2) is 0 Å². The predicted molar refractivity (Wildman–Crippen MR) is 96.0 cm³/mol. The van der Waals surface area contributed by atoms with Crippen LogP contribution in [-0.2, 0) is 4.79 Å². The lowest BCUT2D eigenvalue weighted by atomic mass is 10.2. The van der Waals surface area contributed by atoms with E-state index >= 15 is 0 Å². The number of allylic oxidation sites excluding steroid dienone is 8. The molecule has 0 aliphatic heterocycles. The van der Waals surface area contributed by atoms with Gasteiger partial charge in [-0.25, -0.2) is 0 Å². The smallest absolute Gasteiger partial charge is 0.303 e. The molecule has 0 radical (unpaired) electrons. The van der Waals surface area contributed by atoms with Crippen LogP contribution in [0.2, 0.25) is 0 Å². The standard InChI is InChI=1S/C20H32O2/c1-2-3-4-5-6-7-8-9-10-11-12-13-14-15-16-17-18-19-20(21)22/h6-7,9-10,12-13,16-17H,2-5,8,11,14-15,18-19H2,1H3,(H,21,22). The molecule has 0 atom stereocenters. The first-order valence-corrected chi connectivity index (χ1v) is 8.59. The largest absolute Gasteiger partial charge is 0.481 e. The molecule has 0 unspecified atom stereocenters. The summed E-state index contributed by atoms with van der Waals surface area (Å²) in [4.78, 5) is 10.3. The van der Waals surface area contributed by atoms with Gasteiger partial charge < -0.3 is 5.11 Å². The Morgan fingerprint density at radius 3 is 1.82 bits per heavy atom. The summed E-state index contributed by atoms with van der Waals surface area (Å²) < 4.78 is 0. The highest BCUT2D eigenvalue weighted by molar-refractivity contribution is 5.66. The van der Waals surface area contributed by atoms with Crippen LogP contribution >= 0.6 is 0 Å². The Kier molecular flexibility index (Phi) is 16.2. The molecule has 1 N–H and O–H groups in total. The molecule has 0 spiro atoms. The van der Waals surface area contributed by atoms with Gasteiger partial charge in [-0.15, -0.1) is 0 Å². The van der Waals surface area contributed by atoms with Gasteiger partial charge in [-0.05, 0) is 44.9 Å².